The van der Waals surface area contributed by atoms with Crippen LogP contribution >= 0.6 is 0 Å². The molecule has 1 heterocycles. The molecular weight excluding hydrogens is 238 g/mol. The standard InChI is InChI=1S/C15H9N3O/c16-10-14-17-13-9-5-4-8-12(13)15(18-14)19-11-6-2-1-3-7-11/h1-9H. The van der Waals surface area contributed by atoms with E-state index in [4.69, 9.17) is 10.00 Å². The molecule has 0 aliphatic heterocycles. The molecule has 0 aliphatic rings. The molecule has 90 valence electrons. The number of rotatable bonds is 2. The monoisotopic (exact) mass is 247 g/mol. The first-order valence-electron chi connectivity index (χ1n) is 5.76. The van der Waals surface area contributed by atoms with Crippen molar-refractivity contribution in [3.63, 3.8) is 0 Å². The number of aromatic nitrogens is 2. The van der Waals surface area contributed by atoms with Gasteiger partial charge in [0.05, 0.1) is 10.9 Å². The summed E-state index contributed by atoms with van der Waals surface area (Å²) in [5, 5.41) is 9.74. The van der Waals surface area contributed by atoms with Crippen LogP contribution in [-0.2, 0) is 0 Å². The maximum atomic E-state index is 8.96. The van der Waals surface area contributed by atoms with E-state index in [0.29, 0.717) is 17.1 Å². The van der Waals surface area contributed by atoms with Crippen molar-refractivity contribution in [2.75, 3.05) is 0 Å². The van der Waals surface area contributed by atoms with E-state index in [0.717, 1.165) is 5.39 Å². The van der Waals surface area contributed by atoms with Crippen molar-refractivity contribution < 1.29 is 4.74 Å². The Morgan fingerprint density at radius 3 is 2.42 bits per heavy atom. The van der Waals surface area contributed by atoms with Gasteiger partial charge in [-0.25, -0.2) is 4.98 Å². The second-order valence-corrected chi connectivity index (χ2v) is 3.90. The smallest absolute Gasteiger partial charge is 0.236 e. The maximum Gasteiger partial charge on any atom is 0.236 e. The molecule has 0 fully saturated rings. The lowest BCUT2D eigenvalue weighted by Gasteiger charge is -2.07. The summed E-state index contributed by atoms with van der Waals surface area (Å²) in [6.45, 7) is 0. The molecule has 0 atom stereocenters. The third-order valence-electron chi connectivity index (χ3n) is 2.63. The van der Waals surface area contributed by atoms with Crippen LogP contribution in [0.15, 0.2) is 54.6 Å². The first-order chi connectivity index (χ1) is 9.36. The molecule has 2 aromatic carbocycles. The minimum atomic E-state index is 0.102. The average Bonchev–Trinajstić information content (AvgIpc) is 2.48. The zero-order chi connectivity index (χ0) is 13.1. The summed E-state index contributed by atoms with van der Waals surface area (Å²) in [7, 11) is 0. The SMILES string of the molecule is N#Cc1nc(Oc2ccccc2)c2ccccc2n1. The van der Waals surface area contributed by atoms with E-state index in [1.54, 1.807) is 0 Å². The van der Waals surface area contributed by atoms with Crippen LogP contribution in [0.4, 0.5) is 0 Å². The van der Waals surface area contributed by atoms with Gasteiger partial charge in [-0.15, -0.1) is 0 Å². The number of para-hydroxylation sites is 2. The first kappa shape index (κ1) is 11.2. The Morgan fingerprint density at radius 1 is 0.895 bits per heavy atom. The van der Waals surface area contributed by atoms with Crippen molar-refractivity contribution in [1.29, 1.82) is 5.26 Å². The van der Waals surface area contributed by atoms with Gasteiger partial charge in [0, 0.05) is 0 Å². The van der Waals surface area contributed by atoms with Crippen LogP contribution in [0.1, 0.15) is 5.82 Å². The lowest BCUT2D eigenvalue weighted by molar-refractivity contribution is 0.467. The van der Waals surface area contributed by atoms with E-state index in [-0.39, 0.29) is 5.82 Å². The van der Waals surface area contributed by atoms with Crippen LogP contribution in [0, 0.1) is 11.3 Å². The number of hydrogen-bond acceptors (Lipinski definition) is 4. The average molecular weight is 247 g/mol. The molecule has 0 spiro atoms. The largest absolute Gasteiger partial charge is 0.438 e. The van der Waals surface area contributed by atoms with Crippen molar-refractivity contribution in [2.24, 2.45) is 0 Å². The third kappa shape index (κ3) is 2.22. The van der Waals surface area contributed by atoms with Gasteiger partial charge in [0.15, 0.2) is 0 Å². The van der Waals surface area contributed by atoms with E-state index >= 15 is 0 Å². The van der Waals surface area contributed by atoms with E-state index in [1.165, 1.54) is 0 Å². The molecule has 0 unspecified atom stereocenters. The molecule has 4 heteroatoms. The fraction of sp³-hybridized carbons (Fsp3) is 0. The zero-order valence-corrected chi connectivity index (χ0v) is 9.95. The normalized spacial score (nSPS) is 10.1. The Kier molecular flexibility index (Phi) is 2.79. The maximum absolute atomic E-state index is 8.96. The Morgan fingerprint density at radius 2 is 1.63 bits per heavy atom. The molecule has 0 aliphatic carbocycles. The highest BCUT2D eigenvalue weighted by molar-refractivity contribution is 5.83. The van der Waals surface area contributed by atoms with Gasteiger partial charge in [-0.3, -0.25) is 0 Å². The number of hydrogen-bond donors (Lipinski definition) is 0. The molecule has 4 nitrogen and oxygen atoms in total. The van der Waals surface area contributed by atoms with Gasteiger partial charge in [0.25, 0.3) is 0 Å². The summed E-state index contributed by atoms with van der Waals surface area (Å²) < 4.78 is 5.73. The number of nitrogens with zero attached hydrogens (tertiary/aromatic N) is 3. The van der Waals surface area contributed by atoms with E-state index < -0.39 is 0 Å². The Balaban J connectivity index is 2.14. The van der Waals surface area contributed by atoms with Gasteiger partial charge in [0.1, 0.15) is 11.8 Å². The molecule has 0 saturated heterocycles. The second kappa shape index (κ2) is 4.75. The minimum Gasteiger partial charge on any atom is -0.438 e. The van der Waals surface area contributed by atoms with Crippen molar-refractivity contribution in [2.45, 2.75) is 0 Å². The number of nitriles is 1. The van der Waals surface area contributed by atoms with Crippen molar-refractivity contribution in [1.82, 2.24) is 9.97 Å². The molecule has 19 heavy (non-hydrogen) atoms. The molecule has 0 N–H and O–H groups in total. The fourth-order valence-corrected chi connectivity index (χ4v) is 1.78. The molecule has 3 rings (SSSR count). The van der Waals surface area contributed by atoms with E-state index in [9.17, 15) is 0 Å². The van der Waals surface area contributed by atoms with E-state index in [1.807, 2.05) is 60.7 Å². The summed E-state index contributed by atoms with van der Waals surface area (Å²) in [4.78, 5) is 8.26. The quantitative estimate of drug-likeness (QED) is 0.697. The summed E-state index contributed by atoms with van der Waals surface area (Å²) >= 11 is 0. The fourth-order valence-electron chi connectivity index (χ4n) is 1.78. The lowest BCUT2D eigenvalue weighted by Crippen LogP contribution is -1.95. The van der Waals surface area contributed by atoms with Gasteiger partial charge in [-0.1, -0.05) is 30.3 Å². The van der Waals surface area contributed by atoms with Crippen molar-refractivity contribution >= 4 is 10.9 Å². The molecule has 1 aromatic heterocycles. The van der Waals surface area contributed by atoms with Crippen LogP contribution in [0.25, 0.3) is 10.9 Å². The van der Waals surface area contributed by atoms with Crippen LogP contribution < -0.4 is 4.74 Å². The van der Waals surface area contributed by atoms with Gasteiger partial charge < -0.3 is 4.74 Å². The Labute approximate surface area is 109 Å². The molecule has 0 amide bonds. The minimum absolute atomic E-state index is 0.102. The third-order valence-corrected chi connectivity index (χ3v) is 2.63. The lowest BCUT2D eigenvalue weighted by atomic mass is 10.2. The summed E-state index contributed by atoms with van der Waals surface area (Å²) in [6.07, 6.45) is 0. The second-order valence-electron chi connectivity index (χ2n) is 3.90. The van der Waals surface area contributed by atoms with Gasteiger partial charge in [-0.2, -0.15) is 10.2 Å². The molecule has 0 radical (unpaired) electrons. The van der Waals surface area contributed by atoms with Crippen LogP contribution in [-0.4, -0.2) is 9.97 Å². The van der Waals surface area contributed by atoms with Crippen molar-refractivity contribution in [3.05, 3.63) is 60.4 Å². The zero-order valence-electron chi connectivity index (χ0n) is 9.95. The Hall–Kier alpha value is -2.93. The topological polar surface area (TPSA) is 58.8 Å². The van der Waals surface area contributed by atoms with Crippen molar-refractivity contribution in [3.8, 4) is 17.7 Å². The van der Waals surface area contributed by atoms with Gasteiger partial charge in [0.2, 0.25) is 11.7 Å². The van der Waals surface area contributed by atoms with Crippen LogP contribution in [0.5, 0.6) is 11.6 Å². The molecule has 0 bridgehead atoms. The Bertz CT molecular complexity index is 763. The number of benzene rings is 2. The number of ether oxygens (including phenoxy) is 1. The molecular formula is C15H9N3O. The van der Waals surface area contributed by atoms with Gasteiger partial charge in [-0.05, 0) is 24.3 Å². The summed E-state index contributed by atoms with van der Waals surface area (Å²) in [5.74, 6) is 1.17. The first-order valence-corrected chi connectivity index (χ1v) is 5.76. The van der Waals surface area contributed by atoms with Gasteiger partial charge >= 0.3 is 0 Å². The highest BCUT2D eigenvalue weighted by Gasteiger charge is 2.08. The highest BCUT2D eigenvalue weighted by Crippen LogP contribution is 2.26. The highest BCUT2D eigenvalue weighted by atomic mass is 16.5. The van der Waals surface area contributed by atoms with Crippen LogP contribution in [0.3, 0.4) is 0 Å². The molecule has 3 aromatic rings. The van der Waals surface area contributed by atoms with E-state index in [2.05, 4.69) is 9.97 Å². The predicted octanol–water partition coefficient (Wildman–Crippen LogP) is 3.29. The predicted molar refractivity (Wildman–Crippen MR) is 70.8 cm³/mol. The summed E-state index contributed by atoms with van der Waals surface area (Å²) in [5.41, 5.74) is 0.694. The molecule has 0 saturated carbocycles. The summed E-state index contributed by atoms with van der Waals surface area (Å²) in [6, 6.07) is 18.7. The van der Waals surface area contributed by atoms with Crippen LogP contribution in [0.2, 0.25) is 0 Å². The number of fused-ring (bicyclic) bond motifs is 1.